The van der Waals surface area contributed by atoms with Crippen molar-refractivity contribution in [1.82, 2.24) is 4.57 Å². The van der Waals surface area contributed by atoms with Crippen LogP contribution < -0.4 is 0 Å². The zero-order valence-electron chi connectivity index (χ0n) is 11.1. The van der Waals surface area contributed by atoms with E-state index >= 15 is 0 Å². The minimum absolute atomic E-state index is 0.417. The SMILES string of the molecule is COC(=O)c1ccc(C=O)cc1-n1c(C)ccc1C. The number of aryl methyl sites for hydroxylation is 2. The summed E-state index contributed by atoms with van der Waals surface area (Å²) < 4.78 is 6.72. The van der Waals surface area contributed by atoms with Gasteiger partial charge in [0.15, 0.2) is 0 Å². The number of rotatable bonds is 3. The lowest BCUT2D eigenvalue weighted by atomic mass is 10.1. The second-order valence-corrected chi connectivity index (χ2v) is 4.34. The highest BCUT2D eigenvalue weighted by Gasteiger charge is 2.16. The summed E-state index contributed by atoms with van der Waals surface area (Å²) in [6.07, 6.45) is 0.763. The Bertz CT molecular complexity index is 621. The summed E-state index contributed by atoms with van der Waals surface area (Å²) in [6.45, 7) is 3.89. The number of carbonyl (C=O) groups is 2. The number of nitrogens with zero attached hydrogens (tertiary/aromatic N) is 1. The van der Waals surface area contributed by atoms with E-state index in [0.29, 0.717) is 16.8 Å². The Labute approximate surface area is 111 Å². The van der Waals surface area contributed by atoms with Crippen molar-refractivity contribution < 1.29 is 14.3 Å². The van der Waals surface area contributed by atoms with Crippen LogP contribution in [0.4, 0.5) is 0 Å². The third-order valence-electron chi connectivity index (χ3n) is 3.08. The molecule has 2 rings (SSSR count). The van der Waals surface area contributed by atoms with Crippen LogP contribution in [0.25, 0.3) is 5.69 Å². The van der Waals surface area contributed by atoms with Crippen molar-refractivity contribution in [3.63, 3.8) is 0 Å². The first-order chi connectivity index (χ1) is 9.08. The van der Waals surface area contributed by atoms with Gasteiger partial charge in [0, 0.05) is 17.0 Å². The Morgan fingerprint density at radius 1 is 1.16 bits per heavy atom. The van der Waals surface area contributed by atoms with Crippen LogP contribution in [-0.2, 0) is 4.74 Å². The molecular weight excluding hydrogens is 242 g/mol. The van der Waals surface area contributed by atoms with Crippen molar-refractivity contribution in [1.29, 1.82) is 0 Å². The quantitative estimate of drug-likeness (QED) is 0.627. The zero-order chi connectivity index (χ0) is 14.0. The molecule has 98 valence electrons. The van der Waals surface area contributed by atoms with Crippen molar-refractivity contribution in [2.24, 2.45) is 0 Å². The highest BCUT2D eigenvalue weighted by molar-refractivity contribution is 5.95. The van der Waals surface area contributed by atoms with Gasteiger partial charge >= 0.3 is 5.97 Å². The predicted molar refractivity (Wildman–Crippen MR) is 72.0 cm³/mol. The highest BCUT2D eigenvalue weighted by atomic mass is 16.5. The molecule has 0 fully saturated rings. The Morgan fingerprint density at radius 3 is 2.32 bits per heavy atom. The average Bonchev–Trinajstić information content (AvgIpc) is 2.76. The number of aldehydes is 1. The van der Waals surface area contributed by atoms with Crippen LogP contribution in [0.5, 0.6) is 0 Å². The van der Waals surface area contributed by atoms with Gasteiger partial charge < -0.3 is 9.30 Å². The summed E-state index contributed by atoms with van der Waals surface area (Å²) in [5.74, 6) is -0.417. The lowest BCUT2D eigenvalue weighted by molar-refractivity contribution is 0.0600. The summed E-state index contributed by atoms with van der Waals surface area (Å²) in [5.41, 5.74) is 3.61. The lowest BCUT2D eigenvalue weighted by Gasteiger charge is -2.14. The van der Waals surface area contributed by atoms with Gasteiger partial charge in [0.2, 0.25) is 0 Å². The van der Waals surface area contributed by atoms with Gasteiger partial charge in [0.25, 0.3) is 0 Å². The average molecular weight is 257 g/mol. The third kappa shape index (κ3) is 2.29. The van der Waals surface area contributed by atoms with E-state index in [1.807, 2.05) is 30.5 Å². The molecule has 0 unspecified atom stereocenters. The molecule has 0 radical (unpaired) electrons. The fraction of sp³-hybridized carbons (Fsp3) is 0.200. The molecular formula is C15H15NO3. The summed E-state index contributed by atoms with van der Waals surface area (Å²) in [6, 6.07) is 8.84. The molecule has 4 heteroatoms. The molecule has 0 aliphatic rings. The van der Waals surface area contributed by atoms with Crippen LogP contribution in [-0.4, -0.2) is 23.9 Å². The van der Waals surface area contributed by atoms with Crippen LogP contribution in [0.1, 0.15) is 32.1 Å². The van der Waals surface area contributed by atoms with E-state index in [4.69, 9.17) is 4.74 Å². The first-order valence-electron chi connectivity index (χ1n) is 5.91. The maximum absolute atomic E-state index is 11.8. The molecule has 1 heterocycles. The van der Waals surface area contributed by atoms with Crippen LogP contribution in [0.2, 0.25) is 0 Å². The number of methoxy groups -OCH3 is 1. The number of hydrogen-bond donors (Lipinski definition) is 0. The van der Waals surface area contributed by atoms with Gasteiger partial charge in [-0.2, -0.15) is 0 Å². The largest absolute Gasteiger partial charge is 0.465 e. The van der Waals surface area contributed by atoms with Gasteiger partial charge in [-0.15, -0.1) is 0 Å². The van der Waals surface area contributed by atoms with Crippen molar-refractivity contribution >= 4 is 12.3 Å². The van der Waals surface area contributed by atoms with Crippen LogP contribution in [0, 0.1) is 13.8 Å². The molecule has 0 aliphatic carbocycles. The first-order valence-corrected chi connectivity index (χ1v) is 5.91. The molecule has 1 aromatic carbocycles. The van der Waals surface area contributed by atoms with Crippen molar-refractivity contribution in [3.05, 3.63) is 52.8 Å². The molecule has 0 saturated heterocycles. The molecule has 4 nitrogen and oxygen atoms in total. The lowest BCUT2D eigenvalue weighted by Crippen LogP contribution is -2.10. The molecule has 0 bridgehead atoms. The van der Waals surface area contributed by atoms with E-state index in [-0.39, 0.29) is 0 Å². The van der Waals surface area contributed by atoms with E-state index < -0.39 is 5.97 Å². The van der Waals surface area contributed by atoms with Crippen LogP contribution in [0.15, 0.2) is 30.3 Å². The van der Waals surface area contributed by atoms with Gasteiger partial charge in [-0.3, -0.25) is 4.79 Å². The first kappa shape index (κ1) is 13.1. The molecule has 0 atom stereocenters. The normalized spacial score (nSPS) is 10.3. The molecule has 1 aromatic heterocycles. The summed E-state index contributed by atoms with van der Waals surface area (Å²) in [7, 11) is 1.34. The van der Waals surface area contributed by atoms with Gasteiger partial charge in [0.05, 0.1) is 18.4 Å². The molecule has 0 saturated carbocycles. The summed E-state index contributed by atoms with van der Waals surface area (Å²) >= 11 is 0. The van der Waals surface area contributed by atoms with E-state index in [2.05, 4.69) is 0 Å². The monoisotopic (exact) mass is 257 g/mol. The molecule has 0 spiro atoms. The topological polar surface area (TPSA) is 48.3 Å². The Kier molecular flexibility index (Phi) is 3.51. The van der Waals surface area contributed by atoms with Gasteiger partial charge in [0.1, 0.15) is 6.29 Å². The van der Waals surface area contributed by atoms with Gasteiger partial charge in [-0.1, -0.05) is 6.07 Å². The van der Waals surface area contributed by atoms with Crippen molar-refractivity contribution in [2.75, 3.05) is 7.11 Å². The Hall–Kier alpha value is -2.36. The number of esters is 1. The standard InChI is InChI=1S/C15H15NO3/c1-10-4-5-11(2)16(10)14-8-12(9-17)6-7-13(14)15(18)19-3/h4-9H,1-3H3. The van der Waals surface area contributed by atoms with Crippen LogP contribution >= 0.6 is 0 Å². The smallest absolute Gasteiger partial charge is 0.339 e. The third-order valence-corrected chi connectivity index (χ3v) is 3.08. The Balaban J connectivity index is 2.72. The van der Waals surface area contributed by atoms with E-state index in [1.165, 1.54) is 7.11 Å². The molecule has 0 aliphatic heterocycles. The molecule has 19 heavy (non-hydrogen) atoms. The summed E-state index contributed by atoms with van der Waals surface area (Å²) in [4.78, 5) is 22.8. The van der Waals surface area contributed by atoms with E-state index in [0.717, 1.165) is 17.7 Å². The number of carbonyl (C=O) groups excluding carboxylic acids is 2. The minimum atomic E-state index is -0.417. The van der Waals surface area contributed by atoms with Gasteiger partial charge in [-0.05, 0) is 38.1 Å². The maximum atomic E-state index is 11.8. The maximum Gasteiger partial charge on any atom is 0.339 e. The van der Waals surface area contributed by atoms with E-state index in [9.17, 15) is 9.59 Å². The molecule has 2 aromatic rings. The molecule has 0 N–H and O–H groups in total. The van der Waals surface area contributed by atoms with Crippen molar-refractivity contribution in [2.45, 2.75) is 13.8 Å². The number of benzene rings is 1. The number of ether oxygens (including phenoxy) is 1. The number of aromatic nitrogens is 1. The van der Waals surface area contributed by atoms with Crippen LogP contribution in [0.3, 0.4) is 0 Å². The molecule has 0 amide bonds. The Morgan fingerprint density at radius 2 is 1.79 bits per heavy atom. The second-order valence-electron chi connectivity index (χ2n) is 4.34. The fourth-order valence-corrected chi connectivity index (χ4v) is 2.14. The summed E-state index contributed by atoms with van der Waals surface area (Å²) in [5, 5.41) is 0. The minimum Gasteiger partial charge on any atom is -0.465 e. The zero-order valence-corrected chi connectivity index (χ0v) is 11.1. The van der Waals surface area contributed by atoms with Crippen molar-refractivity contribution in [3.8, 4) is 5.69 Å². The van der Waals surface area contributed by atoms with E-state index in [1.54, 1.807) is 18.2 Å². The number of hydrogen-bond acceptors (Lipinski definition) is 3. The fourth-order valence-electron chi connectivity index (χ4n) is 2.14. The second kappa shape index (κ2) is 5.10. The van der Waals surface area contributed by atoms with Gasteiger partial charge in [-0.25, -0.2) is 4.79 Å². The predicted octanol–water partition coefficient (Wildman–Crippen LogP) is 2.69. The highest BCUT2D eigenvalue weighted by Crippen LogP contribution is 2.22.